The fraction of sp³-hybridized carbons (Fsp3) is 0.273. The van der Waals surface area contributed by atoms with Crippen LogP contribution in [0.2, 0.25) is 0 Å². The molecule has 0 aliphatic rings. The van der Waals surface area contributed by atoms with Crippen molar-refractivity contribution >= 4 is 10.0 Å². The van der Waals surface area contributed by atoms with Crippen LogP contribution in [0.4, 0.5) is 0 Å². The molecule has 0 amide bonds. The summed E-state index contributed by atoms with van der Waals surface area (Å²) >= 11 is 0. The van der Waals surface area contributed by atoms with Crippen LogP contribution in [0.3, 0.4) is 0 Å². The lowest BCUT2D eigenvalue weighted by atomic mass is 10.1. The maximum Gasteiger partial charge on any atom is 0.253 e. The van der Waals surface area contributed by atoms with E-state index in [-0.39, 0.29) is 23.5 Å². The first kappa shape index (κ1) is 21.7. The molecular weight excluding hydrogens is 402 g/mol. The van der Waals surface area contributed by atoms with E-state index in [1.165, 1.54) is 17.0 Å². The molecule has 1 heterocycles. The lowest BCUT2D eigenvalue weighted by Crippen LogP contribution is -2.31. The Morgan fingerprint density at radius 1 is 1.00 bits per heavy atom. The van der Waals surface area contributed by atoms with Gasteiger partial charge < -0.3 is 4.74 Å². The smallest absolute Gasteiger partial charge is 0.253 e. The Kier molecular flexibility index (Phi) is 6.38. The largest absolute Gasteiger partial charge is 0.497 e. The summed E-state index contributed by atoms with van der Waals surface area (Å²) in [5.41, 5.74) is 3.73. The highest BCUT2D eigenvalue weighted by Crippen LogP contribution is 2.20. The third-order valence-corrected chi connectivity index (χ3v) is 6.59. The monoisotopic (exact) mass is 427 g/mol. The van der Waals surface area contributed by atoms with E-state index in [2.05, 4.69) is 9.71 Å². The Hall–Kier alpha value is -2.97. The molecule has 2 aromatic carbocycles. The summed E-state index contributed by atoms with van der Waals surface area (Å²) in [6.45, 7) is 5.86. The molecule has 0 radical (unpaired) electrons. The van der Waals surface area contributed by atoms with E-state index < -0.39 is 10.0 Å². The number of nitrogens with zero attached hydrogens (tertiary/aromatic N) is 2. The molecule has 0 unspecified atom stereocenters. The van der Waals surface area contributed by atoms with Gasteiger partial charge in [0, 0.05) is 24.7 Å². The molecule has 0 bridgehead atoms. The van der Waals surface area contributed by atoms with E-state index in [0.717, 1.165) is 22.4 Å². The number of aryl methyl sites for hydroxylation is 3. The van der Waals surface area contributed by atoms with E-state index in [9.17, 15) is 13.2 Å². The molecule has 8 heteroatoms. The molecule has 0 spiro atoms. The number of nitrogens with one attached hydrogen (secondary N) is 1. The van der Waals surface area contributed by atoms with Gasteiger partial charge >= 0.3 is 0 Å². The molecular formula is C22H25N3O4S. The SMILES string of the molecule is COc1ccc(-c2cc(=O)n(CCNS(=O)(=O)c3cc(C)c(C)cc3C)cn2)cc1. The highest BCUT2D eigenvalue weighted by Gasteiger charge is 2.17. The van der Waals surface area contributed by atoms with Gasteiger partial charge in [-0.05, 0) is 67.8 Å². The van der Waals surface area contributed by atoms with Crippen molar-refractivity contribution in [3.63, 3.8) is 0 Å². The van der Waals surface area contributed by atoms with Gasteiger partial charge in [-0.3, -0.25) is 9.36 Å². The first-order chi connectivity index (χ1) is 14.2. The zero-order valence-electron chi connectivity index (χ0n) is 17.5. The molecule has 3 aromatic rings. The van der Waals surface area contributed by atoms with Crippen molar-refractivity contribution in [2.45, 2.75) is 32.2 Å². The van der Waals surface area contributed by atoms with Crippen LogP contribution in [0, 0.1) is 20.8 Å². The fourth-order valence-corrected chi connectivity index (χ4v) is 4.45. The molecule has 30 heavy (non-hydrogen) atoms. The van der Waals surface area contributed by atoms with Crippen LogP contribution in [0.1, 0.15) is 16.7 Å². The number of sulfonamides is 1. The predicted molar refractivity (Wildman–Crippen MR) is 116 cm³/mol. The molecule has 0 aliphatic heterocycles. The Labute approximate surface area is 176 Å². The molecule has 0 atom stereocenters. The predicted octanol–water partition coefficient (Wildman–Crippen LogP) is 2.82. The lowest BCUT2D eigenvalue weighted by molar-refractivity contribution is 0.415. The number of aromatic nitrogens is 2. The summed E-state index contributed by atoms with van der Waals surface area (Å²) in [4.78, 5) is 17.0. The van der Waals surface area contributed by atoms with Gasteiger partial charge in [0.1, 0.15) is 5.75 Å². The topological polar surface area (TPSA) is 90.3 Å². The van der Waals surface area contributed by atoms with Crippen LogP contribution < -0.4 is 15.0 Å². The zero-order chi connectivity index (χ0) is 21.9. The van der Waals surface area contributed by atoms with Gasteiger partial charge in [0.25, 0.3) is 5.56 Å². The normalized spacial score (nSPS) is 11.5. The van der Waals surface area contributed by atoms with Crippen LogP contribution in [-0.4, -0.2) is 31.6 Å². The average molecular weight is 428 g/mol. The van der Waals surface area contributed by atoms with Crippen LogP contribution in [0.15, 0.2) is 58.5 Å². The standard InChI is InChI=1S/C22H25N3O4S/c1-15-11-17(3)21(12-16(15)2)30(27,28)24-9-10-25-14-23-20(13-22(25)26)18-5-7-19(29-4)8-6-18/h5-8,11-14,24H,9-10H2,1-4H3. The van der Waals surface area contributed by atoms with Crippen molar-refractivity contribution < 1.29 is 13.2 Å². The van der Waals surface area contributed by atoms with Crippen LogP contribution >= 0.6 is 0 Å². The van der Waals surface area contributed by atoms with Crippen molar-refractivity contribution in [1.82, 2.24) is 14.3 Å². The summed E-state index contributed by atoms with van der Waals surface area (Å²) < 4.78 is 34.4. The van der Waals surface area contributed by atoms with Crippen molar-refractivity contribution in [1.29, 1.82) is 0 Å². The molecule has 0 fully saturated rings. The first-order valence-corrected chi connectivity index (χ1v) is 11.0. The van der Waals surface area contributed by atoms with Crippen LogP contribution in [-0.2, 0) is 16.6 Å². The zero-order valence-corrected chi connectivity index (χ0v) is 18.3. The van der Waals surface area contributed by atoms with Gasteiger partial charge in [-0.25, -0.2) is 18.1 Å². The summed E-state index contributed by atoms with van der Waals surface area (Å²) in [7, 11) is -2.08. The number of hydrogen-bond acceptors (Lipinski definition) is 5. The van der Waals surface area contributed by atoms with Crippen LogP contribution in [0.5, 0.6) is 5.75 Å². The number of rotatable bonds is 7. The highest BCUT2D eigenvalue weighted by atomic mass is 32.2. The molecule has 0 saturated heterocycles. The molecule has 1 aromatic heterocycles. The molecule has 0 saturated carbocycles. The van der Waals surface area contributed by atoms with E-state index in [1.54, 1.807) is 32.2 Å². The van der Waals surface area contributed by atoms with Gasteiger partial charge in [-0.2, -0.15) is 0 Å². The number of benzene rings is 2. The molecule has 7 nitrogen and oxygen atoms in total. The summed E-state index contributed by atoms with van der Waals surface area (Å²) in [5, 5.41) is 0. The Bertz CT molecular complexity index is 1220. The lowest BCUT2D eigenvalue weighted by Gasteiger charge is -2.12. The van der Waals surface area contributed by atoms with Gasteiger partial charge in [-0.15, -0.1) is 0 Å². The van der Waals surface area contributed by atoms with Gasteiger partial charge in [0.05, 0.1) is 24.0 Å². The first-order valence-electron chi connectivity index (χ1n) is 9.49. The molecule has 1 N–H and O–H groups in total. The van der Waals surface area contributed by atoms with Gasteiger partial charge in [-0.1, -0.05) is 6.07 Å². The van der Waals surface area contributed by atoms with E-state index in [1.807, 2.05) is 32.0 Å². The highest BCUT2D eigenvalue weighted by molar-refractivity contribution is 7.89. The van der Waals surface area contributed by atoms with Gasteiger partial charge in [0.2, 0.25) is 10.0 Å². The Balaban J connectivity index is 1.70. The molecule has 0 aliphatic carbocycles. The second kappa shape index (κ2) is 8.81. The van der Waals surface area contributed by atoms with Crippen molar-refractivity contribution in [3.05, 3.63) is 75.8 Å². The molecule has 3 rings (SSSR count). The van der Waals surface area contributed by atoms with Crippen molar-refractivity contribution in [2.75, 3.05) is 13.7 Å². The number of methoxy groups -OCH3 is 1. The summed E-state index contributed by atoms with van der Waals surface area (Å²) in [6.07, 6.45) is 1.43. The average Bonchev–Trinajstić information content (AvgIpc) is 2.71. The maximum atomic E-state index is 12.7. The fourth-order valence-electron chi connectivity index (χ4n) is 3.12. The van der Waals surface area contributed by atoms with Gasteiger partial charge in [0.15, 0.2) is 0 Å². The molecule has 158 valence electrons. The van der Waals surface area contributed by atoms with E-state index >= 15 is 0 Å². The quantitative estimate of drug-likeness (QED) is 0.626. The third-order valence-electron chi connectivity index (χ3n) is 4.99. The van der Waals surface area contributed by atoms with Crippen LogP contribution in [0.25, 0.3) is 11.3 Å². The van der Waals surface area contributed by atoms with E-state index in [0.29, 0.717) is 11.3 Å². The summed E-state index contributed by atoms with van der Waals surface area (Å²) in [6, 6.07) is 12.2. The third kappa shape index (κ3) is 4.77. The maximum absolute atomic E-state index is 12.7. The minimum absolute atomic E-state index is 0.0815. The Morgan fingerprint density at radius 2 is 1.67 bits per heavy atom. The second-order valence-electron chi connectivity index (χ2n) is 7.13. The Morgan fingerprint density at radius 3 is 2.30 bits per heavy atom. The number of hydrogen-bond donors (Lipinski definition) is 1. The number of ether oxygens (including phenoxy) is 1. The van der Waals surface area contributed by atoms with Crippen molar-refractivity contribution in [3.8, 4) is 17.0 Å². The second-order valence-corrected chi connectivity index (χ2v) is 8.87. The minimum Gasteiger partial charge on any atom is -0.497 e. The summed E-state index contributed by atoms with van der Waals surface area (Å²) in [5.74, 6) is 0.721. The minimum atomic E-state index is -3.67. The van der Waals surface area contributed by atoms with Crippen molar-refractivity contribution in [2.24, 2.45) is 0 Å². The van der Waals surface area contributed by atoms with E-state index in [4.69, 9.17) is 4.74 Å².